The quantitative estimate of drug-likeness (QED) is 0.308. The Morgan fingerprint density at radius 2 is 1.88 bits per heavy atom. The third-order valence-corrected chi connectivity index (χ3v) is 5.15. The zero-order valence-electron chi connectivity index (χ0n) is 19.4. The molecule has 3 aromatic heterocycles. The van der Waals surface area contributed by atoms with E-state index in [2.05, 4.69) is 15.1 Å². The Bertz CT molecular complexity index is 1240. The smallest absolute Gasteiger partial charge is 0.306 e. The highest BCUT2D eigenvalue weighted by Gasteiger charge is 2.13. The average Bonchev–Trinajstić information content (AvgIpc) is 3.23. The van der Waals surface area contributed by atoms with Crippen LogP contribution in [-0.2, 0) is 29.1 Å². The number of hydrogen-bond donors (Lipinski definition) is 0. The second-order valence-electron chi connectivity index (χ2n) is 7.68. The van der Waals surface area contributed by atoms with E-state index >= 15 is 0 Å². The number of rotatable bonds is 11. The fraction of sp³-hybridized carbons (Fsp3) is 0.308. The van der Waals surface area contributed by atoms with Crippen molar-refractivity contribution in [2.45, 2.75) is 39.8 Å². The highest BCUT2D eigenvalue weighted by Crippen LogP contribution is 2.20. The molecule has 8 nitrogen and oxygen atoms in total. The van der Waals surface area contributed by atoms with Crippen LogP contribution in [0.5, 0.6) is 11.8 Å². The molecule has 176 valence electrons. The number of carbonyl (C=O) groups is 1. The molecule has 0 bridgehead atoms. The van der Waals surface area contributed by atoms with Gasteiger partial charge in [-0.05, 0) is 38.0 Å². The minimum absolute atomic E-state index is 0.226. The molecule has 1 aromatic carbocycles. The third-order valence-electron chi connectivity index (χ3n) is 5.15. The van der Waals surface area contributed by atoms with Crippen LogP contribution in [0.3, 0.4) is 0 Å². The van der Waals surface area contributed by atoms with Crippen molar-refractivity contribution >= 4 is 16.9 Å². The molecule has 0 unspecified atom stereocenters. The minimum atomic E-state index is -0.226. The topological polar surface area (TPSA) is 88.4 Å². The second-order valence-corrected chi connectivity index (χ2v) is 7.68. The van der Waals surface area contributed by atoms with Crippen molar-refractivity contribution in [3.8, 4) is 11.8 Å². The highest BCUT2D eigenvalue weighted by molar-refractivity contribution is 5.78. The number of fused-ring (bicyclic) bond motifs is 1. The molecule has 0 radical (unpaired) electrons. The van der Waals surface area contributed by atoms with E-state index in [-0.39, 0.29) is 5.97 Å². The van der Waals surface area contributed by atoms with E-state index in [1.165, 1.54) is 0 Å². The fourth-order valence-corrected chi connectivity index (χ4v) is 3.54. The molecule has 0 atom stereocenters. The molecule has 0 spiro atoms. The first kappa shape index (κ1) is 23.2. The minimum Gasteiger partial charge on any atom is -0.477 e. The summed E-state index contributed by atoms with van der Waals surface area (Å²) in [5.41, 5.74) is 3.64. The second kappa shape index (κ2) is 11.3. The molecule has 0 aliphatic heterocycles. The van der Waals surface area contributed by atoms with Gasteiger partial charge < -0.3 is 14.2 Å². The van der Waals surface area contributed by atoms with Gasteiger partial charge in [-0.3, -0.25) is 9.48 Å². The number of hydrogen-bond acceptors (Lipinski definition) is 7. The van der Waals surface area contributed by atoms with E-state index in [1.807, 2.05) is 61.7 Å². The molecule has 4 aromatic rings. The first-order valence-electron chi connectivity index (χ1n) is 11.4. The van der Waals surface area contributed by atoms with Crippen LogP contribution in [-0.4, -0.2) is 38.9 Å². The Balaban J connectivity index is 1.35. The van der Waals surface area contributed by atoms with Gasteiger partial charge in [0.1, 0.15) is 6.61 Å². The summed E-state index contributed by atoms with van der Waals surface area (Å²) >= 11 is 0. The van der Waals surface area contributed by atoms with E-state index in [9.17, 15) is 4.79 Å². The summed E-state index contributed by atoms with van der Waals surface area (Å²) in [6, 6.07) is 15.8. The van der Waals surface area contributed by atoms with Gasteiger partial charge in [0, 0.05) is 35.8 Å². The standard InChI is InChI=1S/C26H28N4O4/c1-3-32-25(31)14-11-21-17-30(29-26(21)33-4-2)16-19-9-13-24(27-15-19)34-18-22-12-10-20-7-5-6-8-23(20)28-22/h5-10,12-13,15,17H,3-4,11,14,16,18H2,1-2H3. The SMILES string of the molecule is CCOC(=O)CCc1cn(Cc2ccc(OCc3ccc4ccccc4n3)nc2)nc1OCC. The molecule has 34 heavy (non-hydrogen) atoms. The number of aromatic nitrogens is 4. The van der Waals surface area contributed by atoms with Crippen LogP contribution in [0.1, 0.15) is 37.1 Å². The molecule has 0 saturated heterocycles. The summed E-state index contributed by atoms with van der Waals surface area (Å²) in [6.45, 7) is 5.46. The molecule has 0 aliphatic carbocycles. The maximum absolute atomic E-state index is 11.7. The molecular weight excluding hydrogens is 432 g/mol. The predicted molar refractivity (Wildman–Crippen MR) is 128 cm³/mol. The van der Waals surface area contributed by atoms with Crippen molar-refractivity contribution in [1.29, 1.82) is 0 Å². The van der Waals surface area contributed by atoms with E-state index in [1.54, 1.807) is 17.8 Å². The van der Waals surface area contributed by atoms with Crippen LogP contribution in [0, 0.1) is 0 Å². The summed E-state index contributed by atoms with van der Waals surface area (Å²) in [6.07, 6.45) is 4.48. The van der Waals surface area contributed by atoms with Crippen LogP contribution in [0.15, 0.2) is 60.9 Å². The Morgan fingerprint density at radius 1 is 1.00 bits per heavy atom. The maximum atomic E-state index is 11.7. The Labute approximate surface area is 198 Å². The van der Waals surface area contributed by atoms with Crippen molar-refractivity contribution in [1.82, 2.24) is 19.7 Å². The van der Waals surface area contributed by atoms with Gasteiger partial charge in [-0.15, -0.1) is 5.10 Å². The van der Waals surface area contributed by atoms with Crippen molar-refractivity contribution in [2.75, 3.05) is 13.2 Å². The molecule has 8 heteroatoms. The van der Waals surface area contributed by atoms with E-state index in [0.29, 0.717) is 51.0 Å². The van der Waals surface area contributed by atoms with Crippen LogP contribution in [0.2, 0.25) is 0 Å². The number of benzene rings is 1. The van der Waals surface area contributed by atoms with Crippen LogP contribution in [0.25, 0.3) is 10.9 Å². The van der Waals surface area contributed by atoms with E-state index in [4.69, 9.17) is 14.2 Å². The Morgan fingerprint density at radius 3 is 2.68 bits per heavy atom. The van der Waals surface area contributed by atoms with Gasteiger partial charge in [-0.1, -0.05) is 30.3 Å². The lowest BCUT2D eigenvalue weighted by molar-refractivity contribution is -0.143. The van der Waals surface area contributed by atoms with Gasteiger partial charge in [0.05, 0.1) is 31.0 Å². The highest BCUT2D eigenvalue weighted by atomic mass is 16.5. The van der Waals surface area contributed by atoms with Crippen molar-refractivity contribution < 1.29 is 19.0 Å². The number of esters is 1. The lowest BCUT2D eigenvalue weighted by atomic mass is 10.2. The van der Waals surface area contributed by atoms with Gasteiger partial charge in [0.15, 0.2) is 0 Å². The molecule has 0 saturated carbocycles. The zero-order valence-corrected chi connectivity index (χ0v) is 19.4. The van der Waals surface area contributed by atoms with Crippen LogP contribution >= 0.6 is 0 Å². The number of carbonyl (C=O) groups excluding carboxylic acids is 1. The summed E-state index contributed by atoms with van der Waals surface area (Å²) < 4.78 is 18.3. The molecule has 0 fully saturated rings. The van der Waals surface area contributed by atoms with Crippen molar-refractivity contribution in [2.24, 2.45) is 0 Å². The normalized spacial score (nSPS) is 10.9. The lowest BCUT2D eigenvalue weighted by Crippen LogP contribution is -2.05. The predicted octanol–water partition coefficient (Wildman–Crippen LogP) is 4.35. The van der Waals surface area contributed by atoms with E-state index < -0.39 is 0 Å². The fourth-order valence-electron chi connectivity index (χ4n) is 3.54. The number of nitrogens with zero attached hydrogens (tertiary/aromatic N) is 4. The number of pyridine rings is 2. The van der Waals surface area contributed by atoms with Gasteiger partial charge in [-0.25, -0.2) is 9.97 Å². The first-order valence-corrected chi connectivity index (χ1v) is 11.4. The van der Waals surface area contributed by atoms with Gasteiger partial charge in [-0.2, -0.15) is 0 Å². The number of aryl methyl sites for hydroxylation is 1. The average molecular weight is 461 g/mol. The number of ether oxygens (including phenoxy) is 3. The largest absolute Gasteiger partial charge is 0.477 e. The summed E-state index contributed by atoms with van der Waals surface area (Å²) in [5.74, 6) is 0.850. The molecule has 4 rings (SSSR count). The van der Waals surface area contributed by atoms with Crippen molar-refractivity contribution in [3.05, 3.63) is 77.7 Å². The molecule has 0 aliphatic rings. The molecule has 0 amide bonds. The first-order chi connectivity index (χ1) is 16.6. The summed E-state index contributed by atoms with van der Waals surface area (Å²) in [7, 11) is 0. The molecular formula is C26H28N4O4. The van der Waals surface area contributed by atoms with Crippen LogP contribution < -0.4 is 9.47 Å². The monoisotopic (exact) mass is 460 g/mol. The zero-order chi connectivity index (χ0) is 23.8. The Kier molecular flexibility index (Phi) is 7.70. The maximum Gasteiger partial charge on any atom is 0.306 e. The summed E-state index contributed by atoms with van der Waals surface area (Å²) in [4.78, 5) is 20.7. The molecule has 0 N–H and O–H groups in total. The summed E-state index contributed by atoms with van der Waals surface area (Å²) in [5, 5.41) is 5.62. The van der Waals surface area contributed by atoms with Crippen LogP contribution in [0.4, 0.5) is 0 Å². The van der Waals surface area contributed by atoms with Gasteiger partial charge >= 0.3 is 5.97 Å². The lowest BCUT2D eigenvalue weighted by Gasteiger charge is -2.07. The molecule has 3 heterocycles. The Hall–Kier alpha value is -3.94. The third kappa shape index (κ3) is 6.10. The number of para-hydroxylation sites is 1. The van der Waals surface area contributed by atoms with E-state index in [0.717, 1.165) is 27.7 Å². The van der Waals surface area contributed by atoms with Gasteiger partial charge in [0.25, 0.3) is 0 Å². The van der Waals surface area contributed by atoms with Crippen molar-refractivity contribution in [3.63, 3.8) is 0 Å². The van der Waals surface area contributed by atoms with Gasteiger partial charge in [0.2, 0.25) is 11.8 Å².